The van der Waals surface area contributed by atoms with Crippen molar-refractivity contribution in [3.8, 4) is 0 Å². The lowest BCUT2D eigenvalue weighted by molar-refractivity contribution is 0.0518. The highest BCUT2D eigenvalue weighted by Gasteiger charge is 2.14. The van der Waals surface area contributed by atoms with Crippen LogP contribution >= 0.6 is 0 Å². The van der Waals surface area contributed by atoms with Crippen LogP contribution in [0.5, 0.6) is 0 Å². The lowest BCUT2D eigenvalue weighted by Crippen LogP contribution is -2.21. The molecular weight excluding hydrogens is 234 g/mol. The van der Waals surface area contributed by atoms with Crippen LogP contribution in [-0.2, 0) is 11.3 Å². The van der Waals surface area contributed by atoms with Gasteiger partial charge in [-0.1, -0.05) is 6.92 Å². The molecule has 0 bridgehead atoms. The van der Waals surface area contributed by atoms with Crippen molar-refractivity contribution in [2.45, 2.75) is 39.3 Å². The van der Waals surface area contributed by atoms with Gasteiger partial charge in [-0.15, -0.1) is 0 Å². The highest BCUT2D eigenvalue weighted by Crippen LogP contribution is 2.06. The molecule has 0 aliphatic rings. The van der Waals surface area contributed by atoms with Gasteiger partial charge in [0.2, 0.25) is 0 Å². The van der Waals surface area contributed by atoms with Crippen LogP contribution in [0.4, 0.5) is 0 Å². The molecule has 1 unspecified atom stereocenters. The number of nitrogens with zero attached hydrogens (tertiary/aromatic N) is 1. The summed E-state index contributed by atoms with van der Waals surface area (Å²) in [5.74, 6) is -0.389. The van der Waals surface area contributed by atoms with Gasteiger partial charge in [0.1, 0.15) is 5.69 Å². The van der Waals surface area contributed by atoms with E-state index in [1.807, 2.05) is 6.92 Å². The number of carbonyl (C=O) groups is 1. The van der Waals surface area contributed by atoms with E-state index in [4.69, 9.17) is 4.74 Å². The molecule has 0 aromatic carbocycles. The molecule has 1 aromatic rings. The van der Waals surface area contributed by atoms with Crippen LogP contribution in [0.2, 0.25) is 0 Å². The van der Waals surface area contributed by atoms with Crippen molar-refractivity contribution < 1.29 is 14.6 Å². The zero-order valence-electron chi connectivity index (χ0n) is 10.9. The Morgan fingerprint density at radius 2 is 2.39 bits per heavy atom. The molecule has 18 heavy (non-hydrogen) atoms. The van der Waals surface area contributed by atoms with E-state index in [-0.39, 0.29) is 12.1 Å². The van der Waals surface area contributed by atoms with Crippen molar-refractivity contribution >= 4 is 5.97 Å². The molecule has 0 saturated heterocycles. The van der Waals surface area contributed by atoms with Gasteiger partial charge in [0.25, 0.3) is 0 Å². The smallest absolute Gasteiger partial charge is 0.356 e. The third-order valence-electron chi connectivity index (χ3n) is 2.64. The Bertz CT molecular complexity index is 365. The van der Waals surface area contributed by atoms with Crippen molar-refractivity contribution in [1.29, 1.82) is 0 Å². The molecule has 0 aliphatic carbocycles. The minimum absolute atomic E-state index is 0.272. The summed E-state index contributed by atoms with van der Waals surface area (Å²) in [6, 6.07) is 0. The first-order valence-electron chi connectivity index (χ1n) is 6.27. The first kappa shape index (κ1) is 14.7. The van der Waals surface area contributed by atoms with Gasteiger partial charge < -0.3 is 15.2 Å². The molecule has 1 rings (SSSR count). The summed E-state index contributed by atoms with van der Waals surface area (Å²) in [6.07, 6.45) is 2.78. The van der Waals surface area contributed by atoms with E-state index in [2.05, 4.69) is 15.5 Å². The van der Waals surface area contributed by atoms with Crippen LogP contribution in [0.15, 0.2) is 6.20 Å². The number of aromatic nitrogens is 2. The second kappa shape index (κ2) is 7.84. The number of H-pyrrole nitrogens is 1. The van der Waals surface area contributed by atoms with Crippen LogP contribution in [0.3, 0.4) is 0 Å². The molecule has 0 radical (unpaired) electrons. The van der Waals surface area contributed by atoms with Crippen molar-refractivity contribution in [2.24, 2.45) is 0 Å². The maximum atomic E-state index is 11.6. The standard InChI is InChI=1S/C12H21N3O3/c1-3-10(16)5-6-13-7-9-8-14-15-11(9)12(17)18-4-2/h8,10,13,16H,3-7H2,1-2H3,(H,14,15). The van der Waals surface area contributed by atoms with Crippen molar-refractivity contribution in [2.75, 3.05) is 13.2 Å². The maximum Gasteiger partial charge on any atom is 0.356 e. The summed E-state index contributed by atoms with van der Waals surface area (Å²) < 4.78 is 4.91. The van der Waals surface area contributed by atoms with Gasteiger partial charge >= 0.3 is 5.97 Å². The predicted octanol–water partition coefficient (Wildman–Crippen LogP) is 0.837. The monoisotopic (exact) mass is 255 g/mol. The second-order valence-corrected chi connectivity index (χ2v) is 4.02. The van der Waals surface area contributed by atoms with Crippen LogP contribution in [0.25, 0.3) is 0 Å². The average Bonchev–Trinajstić information content (AvgIpc) is 2.83. The first-order chi connectivity index (χ1) is 8.69. The van der Waals surface area contributed by atoms with Gasteiger partial charge in [0.05, 0.1) is 18.9 Å². The van der Waals surface area contributed by atoms with Gasteiger partial charge in [0, 0.05) is 12.1 Å². The van der Waals surface area contributed by atoms with E-state index >= 15 is 0 Å². The Hall–Kier alpha value is -1.40. The summed E-state index contributed by atoms with van der Waals surface area (Å²) in [7, 11) is 0. The van der Waals surface area contributed by atoms with Crippen molar-refractivity contribution in [3.05, 3.63) is 17.5 Å². The summed E-state index contributed by atoms with van der Waals surface area (Å²) in [5.41, 5.74) is 1.17. The zero-order valence-corrected chi connectivity index (χ0v) is 10.9. The van der Waals surface area contributed by atoms with Gasteiger partial charge in [-0.25, -0.2) is 4.79 Å². The van der Waals surface area contributed by atoms with Gasteiger partial charge in [-0.2, -0.15) is 5.10 Å². The molecule has 0 saturated carbocycles. The van der Waals surface area contributed by atoms with E-state index in [0.717, 1.165) is 12.0 Å². The fourth-order valence-corrected chi connectivity index (χ4v) is 1.52. The fourth-order valence-electron chi connectivity index (χ4n) is 1.52. The number of hydrogen-bond donors (Lipinski definition) is 3. The number of aliphatic hydroxyl groups is 1. The number of esters is 1. The Morgan fingerprint density at radius 1 is 1.61 bits per heavy atom. The molecule has 1 atom stereocenters. The Balaban J connectivity index is 2.38. The molecule has 0 fully saturated rings. The first-order valence-corrected chi connectivity index (χ1v) is 6.27. The number of aliphatic hydroxyl groups excluding tert-OH is 1. The second-order valence-electron chi connectivity index (χ2n) is 4.02. The molecule has 102 valence electrons. The number of carbonyl (C=O) groups excluding carboxylic acids is 1. The van der Waals surface area contributed by atoms with Gasteiger partial charge in [-0.3, -0.25) is 5.10 Å². The summed E-state index contributed by atoms with van der Waals surface area (Å²) >= 11 is 0. The predicted molar refractivity (Wildman–Crippen MR) is 67.2 cm³/mol. The minimum atomic E-state index is -0.389. The molecule has 1 heterocycles. The normalized spacial score (nSPS) is 12.4. The summed E-state index contributed by atoms with van der Waals surface area (Å²) in [4.78, 5) is 11.6. The van der Waals surface area contributed by atoms with Crippen LogP contribution in [0, 0.1) is 0 Å². The third kappa shape index (κ3) is 4.46. The molecule has 0 amide bonds. The maximum absolute atomic E-state index is 11.6. The third-order valence-corrected chi connectivity index (χ3v) is 2.64. The van der Waals surface area contributed by atoms with E-state index < -0.39 is 0 Å². The molecule has 6 heteroatoms. The largest absolute Gasteiger partial charge is 0.461 e. The zero-order chi connectivity index (χ0) is 13.4. The van der Waals surface area contributed by atoms with Gasteiger partial charge in [0.15, 0.2) is 0 Å². The molecule has 3 N–H and O–H groups in total. The van der Waals surface area contributed by atoms with Crippen molar-refractivity contribution in [3.63, 3.8) is 0 Å². The fraction of sp³-hybridized carbons (Fsp3) is 0.667. The minimum Gasteiger partial charge on any atom is -0.461 e. The molecular formula is C12H21N3O3. The molecule has 0 aliphatic heterocycles. The SMILES string of the molecule is CCOC(=O)c1[nH]ncc1CNCCC(O)CC. The highest BCUT2D eigenvalue weighted by molar-refractivity contribution is 5.88. The lowest BCUT2D eigenvalue weighted by atomic mass is 10.2. The number of ether oxygens (including phenoxy) is 1. The number of rotatable bonds is 8. The van der Waals surface area contributed by atoms with E-state index in [0.29, 0.717) is 31.8 Å². The van der Waals surface area contributed by atoms with Crippen LogP contribution in [-0.4, -0.2) is 40.5 Å². The lowest BCUT2D eigenvalue weighted by Gasteiger charge is -2.08. The van der Waals surface area contributed by atoms with Crippen molar-refractivity contribution in [1.82, 2.24) is 15.5 Å². The Kier molecular flexibility index (Phi) is 6.38. The molecule has 1 aromatic heterocycles. The van der Waals surface area contributed by atoms with E-state index in [1.54, 1.807) is 13.1 Å². The highest BCUT2D eigenvalue weighted by atomic mass is 16.5. The molecule has 0 spiro atoms. The summed E-state index contributed by atoms with van der Waals surface area (Å²) in [6.45, 7) is 5.27. The number of aromatic amines is 1. The van der Waals surface area contributed by atoms with Crippen LogP contribution in [0.1, 0.15) is 42.7 Å². The molecule has 6 nitrogen and oxygen atoms in total. The van der Waals surface area contributed by atoms with E-state index in [9.17, 15) is 9.90 Å². The topological polar surface area (TPSA) is 87.2 Å². The van der Waals surface area contributed by atoms with Gasteiger partial charge in [-0.05, 0) is 26.3 Å². The Labute approximate surface area is 107 Å². The Morgan fingerprint density at radius 3 is 3.06 bits per heavy atom. The summed E-state index contributed by atoms with van der Waals surface area (Å²) in [5, 5.41) is 19.0. The van der Waals surface area contributed by atoms with E-state index in [1.165, 1.54) is 0 Å². The quantitative estimate of drug-likeness (QED) is 0.473. The number of hydrogen-bond acceptors (Lipinski definition) is 5. The van der Waals surface area contributed by atoms with Crippen LogP contribution < -0.4 is 5.32 Å². The average molecular weight is 255 g/mol. The number of nitrogens with one attached hydrogen (secondary N) is 2.